The van der Waals surface area contributed by atoms with Crippen molar-refractivity contribution in [3.8, 4) is 5.75 Å². The molecule has 110 valence electrons. The quantitative estimate of drug-likeness (QED) is 0.501. The van der Waals surface area contributed by atoms with Gasteiger partial charge in [-0.25, -0.2) is 0 Å². The SMILES string of the molecule is COc1ccc(COCc2cc([N+](=O)[O-])ccc2N)cc1. The van der Waals surface area contributed by atoms with Gasteiger partial charge in [0.05, 0.1) is 25.2 Å². The molecule has 0 unspecified atom stereocenters. The fourth-order valence-electron chi connectivity index (χ4n) is 1.83. The molecule has 0 aromatic heterocycles. The van der Waals surface area contributed by atoms with Gasteiger partial charge < -0.3 is 15.2 Å². The Morgan fingerprint density at radius 1 is 1.14 bits per heavy atom. The first-order valence-corrected chi connectivity index (χ1v) is 6.33. The summed E-state index contributed by atoms with van der Waals surface area (Å²) >= 11 is 0. The number of hydrogen-bond donors (Lipinski definition) is 1. The van der Waals surface area contributed by atoms with Crippen molar-refractivity contribution < 1.29 is 14.4 Å². The third-order valence-corrected chi connectivity index (χ3v) is 3.02. The van der Waals surface area contributed by atoms with E-state index < -0.39 is 4.92 Å². The predicted molar refractivity (Wildman–Crippen MR) is 79.0 cm³/mol. The lowest BCUT2D eigenvalue weighted by atomic mass is 10.1. The summed E-state index contributed by atoms with van der Waals surface area (Å²) in [5, 5.41) is 10.7. The van der Waals surface area contributed by atoms with Crippen molar-refractivity contribution in [2.75, 3.05) is 12.8 Å². The van der Waals surface area contributed by atoms with E-state index >= 15 is 0 Å². The van der Waals surface area contributed by atoms with Crippen LogP contribution in [0.25, 0.3) is 0 Å². The minimum Gasteiger partial charge on any atom is -0.497 e. The lowest BCUT2D eigenvalue weighted by Gasteiger charge is -2.08. The van der Waals surface area contributed by atoms with Crippen LogP contribution in [0.3, 0.4) is 0 Å². The smallest absolute Gasteiger partial charge is 0.269 e. The standard InChI is InChI=1S/C15H16N2O4/c1-20-14-5-2-11(3-6-14)9-21-10-12-8-13(17(18)19)4-7-15(12)16/h2-8H,9-10,16H2,1H3. The molecule has 0 heterocycles. The molecule has 21 heavy (non-hydrogen) atoms. The van der Waals surface area contributed by atoms with Crippen LogP contribution < -0.4 is 10.5 Å². The highest BCUT2D eigenvalue weighted by Gasteiger charge is 2.09. The molecule has 6 nitrogen and oxygen atoms in total. The number of nitrogens with two attached hydrogens (primary N) is 1. The van der Waals surface area contributed by atoms with E-state index in [9.17, 15) is 10.1 Å². The minimum atomic E-state index is -0.452. The van der Waals surface area contributed by atoms with Gasteiger partial charge in [-0.3, -0.25) is 10.1 Å². The van der Waals surface area contributed by atoms with Crippen LogP contribution in [0.4, 0.5) is 11.4 Å². The van der Waals surface area contributed by atoms with Gasteiger partial charge in [0, 0.05) is 23.4 Å². The second-order valence-corrected chi connectivity index (χ2v) is 4.48. The van der Waals surface area contributed by atoms with E-state index in [4.69, 9.17) is 15.2 Å². The Morgan fingerprint density at radius 2 is 1.86 bits per heavy atom. The van der Waals surface area contributed by atoms with Crippen molar-refractivity contribution in [2.24, 2.45) is 0 Å². The molecule has 0 radical (unpaired) electrons. The number of nitrogen functional groups attached to an aromatic ring is 1. The third kappa shape index (κ3) is 3.93. The Bertz CT molecular complexity index is 626. The number of nitro benzene ring substituents is 1. The highest BCUT2D eigenvalue weighted by molar-refractivity contribution is 5.52. The molecule has 0 spiro atoms. The summed E-state index contributed by atoms with van der Waals surface area (Å²) in [5.74, 6) is 0.779. The van der Waals surface area contributed by atoms with Gasteiger partial charge in [0.2, 0.25) is 0 Å². The Morgan fingerprint density at radius 3 is 2.48 bits per heavy atom. The van der Waals surface area contributed by atoms with Crippen LogP contribution in [0, 0.1) is 10.1 Å². The zero-order valence-corrected chi connectivity index (χ0v) is 11.6. The largest absolute Gasteiger partial charge is 0.497 e. The summed E-state index contributed by atoms with van der Waals surface area (Å²) < 4.78 is 10.6. The maximum atomic E-state index is 10.7. The Hall–Kier alpha value is -2.60. The van der Waals surface area contributed by atoms with Crippen LogP contribution in [-0.4, -0.2) is 12.0 Å². The fourth-order valence-corrected chi connectivity index (χ4v) is 1.83. The molecule has 6 heteroatoms. The summed E-state index contributed by atoms with van der Waals surface area (Å²) in [6, 6.07) is 11.8. The number of ether oxygens (including phenoxy) is 2. The molecule has 2 aromatic carbocycles. The van der Waals surface area contributed by atoms with Crippen molar-refractivity contribution in [3.63, 3.8) is 0 Å². The van der Waals surface area contributed by atoms with Crippen LogP contribution in [0.2, 0.25) is 0 Å². The molecule has 2 rings (SSSR count). The van der Waals surface area contributed by atoms with Gasteiger partial charge in [-0.1, -0.05) is 12.1 Å². The molecule has 0 atom stereocenters. The fraction of sp³-hybridized carbons (Fsp3) is 0.200. The number of nitro groups is 1. The van der Waals surface area contributed by atoms with E-state index in [-0.39, 0.29) is 12.3 Å². The molecular weight excluding hydrogens is 272 g/mol. The van der Waals surface area contributed by atoms with E-state index in [1.807, 2.05) is 24.3 Å². The van der Waals surface area contributed by atoms with Crippen molar-refractivity contribution in [3.05, 3.63) is 63.7 Å². The Balaban J connectivity index is 1.96. The van der Waals surface area contributed by atoms with Crippen molar-refractivity contribution in [1.82, 2.24) is 0 Å². The van der Waals surface area contributed by atoms with E-state index in [0.717, 1.165) is 11.3 Å². The van der Waals surface area contributed by atoms with E-state index in [1.165, 1.54) is 18.2 Å². The van der Waals surface area contributed by atoms with Crippen molar-refractivity contribution in [1.29, 1.82) is 0 Å². The Kier molecular flexibility index (Phi) is 4.73. The highest BCUT2D eigenvalue weighted by Crippen LogP contribution is 2.21. The van der Waals surface area contributed by atoms with E-state index in [2.05, 4.69) is 0 Å². The molecule has 0 aliphatic rings. The molecule has 2 aromatic rings. The van der Waals surface area contributed by atoms with Crippen LogP contribution >= 0.6 is 0 Å². The maximum Gasteiger partial charge on any atom is 0.269 e. The van der Waals surface area contributed by atoms with Gasteiger partial charge in [-0.2, -0.15) is 0 Å². The monoisotopic (exact) mass is 288 g/mol. The summed E-state index contributed by atoms with van der Waals surface area (Å²) in [6.45, 7) is 0.617. The Labute approximate surface area is 122 Å². The van der Waals surface area contributed by atoms with Gasteiger partial charge in [0.15, 0.2) is 0 Å². The van der Waals surface area contributed by atoms with E-state index in [0.29, 0.717) is 17.9 Å². The highest BCUT2D eigenvalue weighted by atomic mass is 16.6. The van der Waals surface area contributed by atoms with Gasteiger partial charge >= 0.3 is 0 Å². The first-order chi connectivity index (χ1) is 10.1. The lowest BCUT2D eigenvalue weighted by Crippen LogP contribution is -2.00. The second-order valence-electron chi connectivity index (χ2n) is 4.48. The molecular formula is C15H16N2O4. The first-order valence-electron chi connectivity index (χ1n) is 6.33. The summed E-state index contributed by atoms with van der Waals surface area (Å²) in [5.41, 5.74) is 7.87. The summed E-state index contributed by atoms with van der Waals surface area (Å²) in [7, 11) is 1.61. The van der Waals surface area contributed by atoms with Gasteiger partial charge in [0.25, 0.3) is 5.69 Å². The molecule has 2 N–H and O–H groups in total. The number of methoxy groups -OCH3 is 1. The molecule has 0 bridgehead atoms. The predicted octanol–water partition coefficient (Wildman–Crippen LogP) is 2.90. The van der Waals surface area contributed by atoms with Crippen molar-refractivity contribution >= 4 is 11.4 Å². The van der Waals surface area contributed by atoms with Crippen LogP contribution in [-0.2, 0) is 18.0 Å². The zero-order valence-electron chi connectivity index (χ0n) is 11.6. The van der Waals surface area contributed by atoms with Crippen molar-refractivity contribution in [2.45, 2.75) is 13.2 Å². The number of rotatable bonds is 6. The maximum absolute atomic E-state index is 10.7. The molecule has 0 saturated carbocycles. The number of benzene rings is 2. The summed E-state index contributed by atoms with van der Waals surface area (Å²) in [6.07, 6.45) is 0. The van der Waals surface area contributed by atoms with Gasteiger partial charge in [-0.15, -0.1) is 0 Å². The van der Waals surface area contributed by atoms with Gasteiger partial charge in [0.1, 0.15) is 5.75 Å². The number of hydrogen-bond acceptors (Lipinski definition) is 5. The second kappa shape index (κ2) is 6.71. The first kappa shape index (κ1) is 14.8. The topological polar surface area (TPSA) is 87.6 Å². The number of nitrogens with zero attached hydrogens (tertiary/aromatic N) is 1. The summed E-state index contributed by atoms with van der Waals surface area (Å²) in [4.78, 5) is 10.3. The lowest BCUT2D eigenvalue weighted by molar-refractivity contribution is -0.384. The van der Waals surface area contributed by atoms with E-state index in [1.54, 1.807) is 7.11 Å². The average Bonchev–Trinajstić information content (AvgIpc) is 2.49. The number of non-ortho nitro benzene ring substituents is 1. The molecule has 0 aliphatic heterocycles. The van der Waals surface area contributed by atoms with Gasteiger partial charge in [-0.05, 0) is 23.8 Å². The minimum absolute atomic E-state index is 0.00671. The number of anilines is 1. The third-order valence-electron chi connectivity index (χ3n) is 3.02. The molecule has 0 aliphatic carbocycles. The molecule has 0 fully saturated rings. The molecule has 0 saturated heterocycles. The normalized spacial score (nSPS) is 10.3. The molecule has 0 amide bonds. The van der Waals surface area contributed by atoms with Crippen LogP contribution in [0.5, 0.6) is 5.75 Å². The average molecular weight is 288 g/mol. The zero-order chi connectivity index (χ0) is 15.2. The van der Waals surface area contributed by atoms with Crippen LogP contribution in [0.1, 0.15) is 11.1 Å². The van der Waals surface area contributed by atoms with Crippen LogP contribution in [0.15, 0.2) is 42.5 Å².